The van der Waals surface area contributed by atoms with Crippen molar-refractivity contribution in [3.8, 4) is 11.8 Å². The number of Topliss-reactive ketones (excluding diaryl/α,β-unsaturated/α-hetero) is 1. The Hall–Kier alpha value is -1.67. The normalized spacial score (nSPS) is 9.31. The number of aldehydes is 1. The standard InChI is InChI=1S/C11H8BrNO3/c1-16-11-3-2-7(10(15)4-12)9(6-14)8(11)5-13/h2-3,6H,4H2,1H3. The lowest BCUT2D eigenvalue weighted by atomic mass is 9.99. The van der Waals surface area contributed by atoms with Crippen LogP contribution in [-0.2, 0) is 0 Å². The second kappa shape index (κ2) is 5.42. The molecule has 4 nitrogen and oxygen atoms in total. The van der Waals surface area contributed by atoms with Gasteiger partial charge in [-0.1, -0.05) is 15.9 Å². The zero-order valence-electron chi connectivity index (χ0n) is 8.49. The molecule has 0 fully saturated rings. The van der Waals surface area contributed by atoms with Crippen LogP contribution in [0.25, 0.3) is 0 Å². The Morgan fingerprint density at radius 2 is 2.31 bits per heavy atom. The Kier molecular flexibility index (Phi) is 4.20. The Morgan fingerprint density at radius 1 is 1.62 bits per heavy atom. The van der Waals surface area contributed by atoms with Crippen LogP contribution < -0.4 is 4.74 Å². The van der Waals surface area contributed by atoms with Gasteiger partial charge in [0.1, 0.15) is 17.4 Å². The number of hydrogen-bond donors (Lipinski definition) is 0. The maximum absolute atomic E-state index is 11.5. The quantitative estimate of drug-likeness (QED) is 0.481. The van der Waals surface area contributed by atoms with Crippen molar-refractivity contribution in [3.63, 3.8) is 0 Å². The predicted octanol–water partition coefficient (Wildman–Crippen LogP) is 1.96. The van der Waals surface area contributed by atoms with E-state index in [9.17, 15) is 9.59 Å². The van der Waals surface area contributed by atoms with Gasteiger partial charge in [-0.25, -0.2) is 0 Å². The summed E-state index contributed by atoms with van der Waals surface area (Å²) in [6.45, 7) is 0. The van der Waals surface area contributed by atoms with Crippen molar-refractivity contribution < 1.29 is 14.3 Å². The number of carbonyl (C=O) groups is 2. The molecule has 0 bridgehead atoms. The van der Waals surface area contributed by atoms with E-state index in [1.165, 1.54) is 19.2 Å². The van der Waals surface area contributed by atoms with E-state index in [0.29, 0.717) is 6.29 Å². The van der Waals surface area contributed by atoms with Crippen LogP contribution in [0.1, 0.15) is 26.3 Å². The van der Waals surface area contributed by atoms with E-state index < -0.39 is 0 Å². The van der Waals surface area contributed by atoms with Crippen LogP contribution in [0.5, 0.6) is 5.75 Å². The molecule has 1 rings (SSSR count). The number of alkyl halides is 1. The lowest BCUT2D eigenvalue weighted by Gasteiger charge is -2.08. The summed E-state index contributed by atoms with van der Waals surface area (Å²) in [7, 11) is 1.40. The molecular weight excluding hydrogens is 274 g/mol. The second-order valence-electron chi connectivity index (χ2n) is 2.89. The molecule has 0 N–H and O–H groups in total. The smallest absolute Gasteiger partial charge is 0.174 e. The first-order chi connectivity index (χ1) is 7.69. The Bertz CT molecular complexity index is 477. The van der Waals surface area contributed by atoms with E-state index in [4.69, 9.17) is 10.00 Å². The molecule has 0 heterocycles. The summed E-state index contributed by atoms with van der Waals surface area (Å²) < 4.78 is 4.94. The summed E-state index contributed by atoms with van der Waals surface area (Å²) in [5, 5.41) is 9.03. The average Bonchev–Trinajstić information content (AvgIpc) is 2.35. The van der Waals surface area contributed by atoms with Crippen LogP contribution >= 0.6 is 15.9 Å². The maximum Gasteiger partial charge on any atom is 0.174 e. The van der Waals surface area contributed by atoms with E-state index in [-0.39, 0.29) is 33.6 Å². The number of nitrogens with zero attached hydrogens (tertiary/aromatic N) is 1. The minimum atomic E-state index is -0.249. The number of carbonyl (C=O) groups excluding carboxylic acids is 2. The third-order valence-electron chi connectivity index (χ3n) is 2.08. The Morgan fingerprint density at radius 3 is 2.75 bits per heavy atom. The van der Waals surface area contributed by atoms with Gasteiger partial charge in [0.15, 0.2) is 12.1 Å². The number of methoxy groups -OCH3 is 1. The largest absolute Gasteiger partial charge is 0.495 e. The van der Waals surface area contributed by atoms with Crippen molar-refractivity contribution >= 4 is 28.0 Å². The number of rotatable bonds is 4. The molecule has 0 radical (unpaired) electrons. The third kappa shape index (κ3) is 2.12. The number of halogens is 1. The molecule has 82 valence electrons. The Balaban J connectivity index is 3.51. The minimum Gasteiger partial charge on any atom is -0.495 e. The highest BCUT2D eigenvalue weighted by Gasteiger charge is 2.17. The van der Waals surface area contributed by atoms with Crippen molar-refractivity contribution in [3.05, 3.63) is 28.8 Å². The Labute approximate surface area is 101 Å². The van der Waals surface area contributed by atoms with Crippen LogP contribution in [0.15, 0.2) is 12.1 Å². The molecule has 16 heavy (non-hydrogen) atoms. The van der Waals surface area contributed by atoms with Gasteiger partial charge in [-0.3, -0.25) is 9.59 Å². The van der Waals surface area contributed by atoms with Crippen molar-refractivity contribution in [2.24, 2.45) is 0 Å². The number of benzene rings is 1. The van der Waals surface area contributed by atoms with Crippen LogP contribution in [0, 0.1) is 11.3 Å². The summed E-state index contributed by atoms with van der Waals surface area (Å²) in [5.41, 5.74) is 0.389. The van der Waals surface area contributed by atoms with Gasteiger partial charge in [0.2, 0.25) is 0 Å². The fourth-order valence-corrected chi connectivity index (χ4v) is 1.62. The third-order valence-corrected chi connectivity index (χ3v) is 2.59. The molecule has 0 aromatic heterocycles. The summed E-state index contributed by atoms with van der Waals surface area (Å²) in [5.74, 6) is 0.0389. The first-order valence-electron chi connectivity index (χ1n) is 4.35. The highest BCUT2D eigenvalue weighted by Crippen LogP contribution is 2.24. The number of hydrogen-bond acceptors (Lipinski definition) is 4. The van der Waals surface area contributed by atoms with E-state index in [0.717, 1.165) is 0 Å². The highest BCUT2D eigenvalue weighted by molar-refractivity contribution is 9.09. The molecule has 0 saturated carbocycles. The lowest BCUT2D eigenvalue weighted by Crippen LogP contribution is -2.07. The molecule has 0 aliphatic carbocycles. The van der Waals surface area contributed by atoms with Gasteiger partial charge in [-0.2, -0.15) is 5.26 Å². The van der Waals surface area contributed by atoms with Crippen LogP contribution in [0.4, 0.5) is 0 Å². The van der Waals surface area contributed by atoms with Gasteiger partial charge in [-0.05, 0) is 12.1 Å². The van der Waals surface area contributed by atoms with Gasteiger partial charge >= 0.3 is 0 Å². The number of nitriles is 1. The molecule has 1 aromatic carbocycles. The molecule has 0 spiro atoms. The number of ketones is 1. The molecular formula is C11H8BrNO3. The number of ether oxygens (including phenoxy) is 1. The fourth-order valence-electron chi connectivity index (χ4n) is 1.32. The van der Waals surface area contributed by atoms with Crippen molar-refractivity contribution in [1.82, 2.24) is 0 Å². The van der Waals surface area contributed by atoms with Crippen molar-refractivity contribution in [2.45, 2.75) is 0 Å². The van der Waals surface area contributed by atoms with E-state index in [1.54, 1.807) is 0 Å². The average molecular weight is 282 g/mol. The molecule has 1 aromatic rings. The second-order valence-corrected chi connectivity index (χ2v) is 3.45. The van der Waals surface area contributed by atoms with Gasteiger partial charge in [0.05, 0.1) is 12.4 Å². The van der Waals surface area contributed by atoms with Gasteiger partial charge in [0.25, 0.3) is 0 Å². The van der Waals surface area contributed by atoms with E-state index in [1.807, 2.05) is 6.07 Å². The first-order valence-corrected chi connectivity index (χ1v) is 5.47. The van der Waals surface area contributed by atoms with E-state index in [2.05, 4.69) is 15.9 Å². The molecule has 0 aliphatic heterocycles. The summed E-state index contributed by atoms with van der Waals surface area (Å²) in [4.78, 5) is 22.4. The van der Waals surface area contributed by atoms with Crippen LogP contribution in [0.3, 0.4) is 0 Å². The maximum atomic E-state index is 11.5. The monoisotopic (exact) mass is 281 g/mol. The molecule has 0 aliphatic rings. The summed E-state index contributed by atoms with van der Waals surface area (Å²) >= 11 is 3.02. The zero-order chi connectivity index (χ0) is 12.1. The van der Waals surface area contributed by atoms with Crippen LogP contribution in [0.2, 0.25) is 0 Å². The zero-order valence-corrected chi connectivity index (χ0v) is 10.1. The summed E-state index contributed by atoms with van der Waals surface area (Å²) in [6, 6.07) is 4.84. The van der Waals surface area contributed by atoms with Crippen molar-refractivity contribution in [2.75, 3.05) is 12.4 Å². The van der Waals surface area contributed by atoms with Crippen molar-refractivity contribution in [1.29, 1.82) is 5.26 Å². The predicted molar refractivity (Wildman–Crippen MR) is 61.2 cm³/mol. The van der Waals surface area contributed by atoms with Crippen LogP contribution in [-0.4, -0.2) is 24.5 Å². The molecule has 0 amide bonds. The summed E-state index contributed by atoms with van der Waals surface area (Å²) in [6.07, 6.45) is 0.497. The molecule has 0 atom stereocenters. The fraction of sp³-hybridized carbons (Fsp3) is 0.182. The molecule has 0 unspecified atom stereocenters. The SMILES string of the molecule is COc1ccc(C(=O)CBr)c(C=O)c1C#N. The lowest BCUT2D eigenvalue weighted by molar-refractivity contribution is 0.101. The van der Waals surface area contributed by atoms with Gasteiger partial charge in [-0.15, -0.1) is 0 Å². The highest BCUT2D eigenvalue weighted by atomic mass is 79.9. The van der Waals surface area contributed by atoms with Gasteiger partial charge < -0.3 is 4.74 Å². The molecule has 0 saturated heterocycles. The molecule has 5 heteroatoms. The first kappa shape index (κ1) is 12.4. The van der Waals surface area contributed by atoms with E-state index >= 15 is 0 Å². The van der Waals surface area contributed by atoms with Gasteiger partial charge in [0, 0.05) is 11.1 Å². The topological polar surface area (TPSA) is 67.2 Å². The minimum absolute atomic E-state index is 0.0753.